The van der Waals surface area contributed by atoms with Crippen molar-refractivity contribution in [2.45, 2.75) is 20.4 Å². The minimum Gasteiger partial charge on any atom is -0.494 e. The number of benzene rings is 1. The molecule has 0 unspecified atom stereocenters. The van der Waals surface area contributed by atoms with Crippen LogP contribution in [-0.4, -0.2) is 40.6 Å². The molecule has 3 aromatic rings. The number of nitrogens with zero attached hydrogens (tertiary/aromatic N) is 4. The number of aromatic nitrogens is 3. The van der Waals surface area contributed by atoms with Gasteiger partial charge in [-0.3, -0.25) is 9.48 Å². The third-order valence-electron chi connectivity index (χ3n) is 4.01. The number of ether oxygens (including phenoxy) is 2. The van der Waals surface area contributed by atoms with Crippen molar-refractivity contribution in [3.8, 4) is 5.75 Å². The number of carbonyl (C=O) groups is 1. The van der Waals surface area contributed by atoms with Gasteiger partial charge in [-0.05, 0) is 32.0 Å². The molecule has 0 fully saturated rings. The minimum atomic E-state index is -0.301. The Bertz CT molecular complexity index is 980. The summed E-state index contributed by atoms with van der Waals surface area (Å²) in [7, 11) is 3.40. The number of amides is 1. The van der Waals surface area contributed by atoms with Gasteiger partial charge in [-0.25, -0.2) is 0 Å². The molecule has 0 bridgehead atoms. The molecular weight excluding hydrogens is 352 g/mol. The van der Waals surface area contributed by atoms with Gasteiger partial charge in [0.15, 0.2) is 4.80 Å². The van der Waals surface area contributed by atoms with Gasteiger partial charge >= 0.3 is 0 Å². The first-order valence-corrected chi connectivity index (χ1v) is 9.19. The normalized spacial score (nSPS) is 12.1. The fourth-order valence-electron chi connectivity index (χ4n) is 2.79. The van der Waals surface area contributed by atoms with E-state index in [2.05, 4.69) is 10.1 Å². The summed E-state index contributed by atoms with van der Waals surface area (Å²) in [5.41, 5.74) is 2.31. The first-order chi connectivity index (χ1) is 12.5. The summed E-state index contributed by atoms with van der Waals surface area (Å²) < 4.78 is 15.4. The average Bonchev–Trinajstić information content (AvgIpc) is 3.12. The lowest BCUT2D eigenvalue weighted by atomic mass is 10.3. The molecular formula is C18H22N4O3S. The summed E-state index contributed by atoms with van der Waals surface area (Å²) in [4.78, 5) is 17.7. The van der Waals surface area contributed by atoms with Crippen LogP contribution in [0.5, 0.6) is 5.75 Å². The largest absolute Gasteiger partial charge is 0.494 e. The van der Waals surface area contributed by atoms with E-state index in [1.807, 2.05) is 36.6 Å². The van der Waals surface area contributed by atoms with Crippen molar-refractivity contribution in [3.63, 3.8) is 0 Å². The molecule has 8 heteroatoms. The number of carbonyl (C=O) groups excluding carboxylic acids is 1. The summed E-state index contributed by atoms with van der Waals surface area (Å²) in [6.07, 6.45) is 1.67. The van der Waals surface area contributed by atoms with Crippen LogP contribution in [0.2, 0.25) is 0 Å². The minimum absolute atomic E-state index is 0.301. The molecule has 0 aliphatic rings. The Morgan fingerprint density at radius 2 is 2.19 bits per heavy atom. The third kappa shape index (κ3) is 3.56. The van der Waals surface area contributed by atoms with Gasteiger partial charge in [-0.1, -0.05) is 11.3 Å². The second-order valence-corrected chi connectivity index (χ2v) is 6.82. The van der Waals surface area contributed by atoms with Crippen molar-refractivity contribution in [1.82, 2.24) is 14.3 Å². The standard InChI is InChI=1S/C18H22N4O3S/c1-5-25-13-6-7-14-15(10-13)26-18(22(14)8-9-24-4)20-17(23)16-12(2)11-19-21(16)3/h6-7,10-11H,5,8-9H2,1-4H3. The number of fused-ring (bicyclic) bond motifs is 1. The molecule has 0 aliphatic heterocycles. The number of aryl methyl sites for hydroxylation is 2. The van der Waals surface area contributed by atoms with Gasteiger partial charge in [0, 0.05) is 26.3 Å². The molecule has 0 N–H and O–H groups in total. The lowest BCUT2D eigenvalue weighted by molar-refractivity contribution is 0.0988. The monoisotopic (exact) mass is 374 g/mol. The van der Waals surface area contributed by atoms with Gasteiger partial charge in [0.25, 0.3) is 5.91 Å². The number of thiazole rings is 1. The van der Waals surface area contributed by atoms with Crippen molar-refractivity contribution >= 4 is 27.5 Å². The van der Waals surface area contributed by atoms with Crippen LogP contribution in [0.3, 0.4) is 0 Å². The van der Waals surface area contributed by atoms with Crippen molar-refractivity contribution < 1.29 is 14.3 Å². The molecule has 138 valence electrons. The van der Waals surface area contributed by atoms with Crippen LogP contribution in [0.25, 0.3) is 10.2 Å². The van der Waals surface area contributed by atoms with Gasteiger partial charge in [-0.2, -0.15) is 10.1 Å². The Hall–Kier alpha value is -2.45. The summed E-state index contributed by atoms with van der Waals surface area (Å²) in [6.45, 7) is 5.56. The molecule has 7 nitrogen and oxygen atoms in total. The van der Waals surface area contributed by atoms with E-state index in [1.165, 1.54) is 11.3 Å². The predicted octanol–water partition coefficient (Wildman–Crippen LogP) is 2.53. The van der Waals surface area contributed by atoms with E-state index in [-0.39, 0.29) is 5.91 Å². The summed E-state index contributed by atoms with van der Waals surface area (Å²) in [5.74, 6) is 0.505. The Balaban J connectivity index is 2.12. The third-order valence-corrected chi connectivity index (χ3v) is 5.05. The zero-order valence-corrected chi connectivity index (χ0v) is 16.2. The summed E-state index contributed by atoms with van der Waals surface area (Å²) >= 11 is 1.46. The van der Waals surface area contributed by atoms with Crippen LogP contribution in [-0.2, 0) is 18.3 Å². The SMILES string of the molecule is CCOc1ccc2c(c1)sc(=NC(=O)c1c(C)cnn1C)n2CCOC. The van der Waals surface area contributed by atoms with Gasteiger partial charge in [-0.15, -0.1) is 0 Å². The number of methoxy groups -OCH3 is 1. The van der Waals surface area contributed by atoms with E-state index < -0.39 is 0 Å². The van der Waals surface area contributed by atoms with Crippen molar-refractivity contribution in [3.05, 3.63) is 40.5 Å². The molecule has 2 aromatic heterocycles. The zero-order valence-electron chi connectivity index (χ0n) is 15.4. The molecule has 2 heterocycles. The van der Waals surface area contributed by atoms with E-state index in [9.17, 15) is 4.79 Å². The average molecular weight is 374 g/mol. The second kappa shape index (κ2) is 7.84. The number of rotatable bonds is 6. The van der Waals surface area contributed by atoms with Gasteiger partial charge < -0.3 is 14.0 Å². The number of hydrogen-bond donors (Lipinski definition) is 0. The smallest absolute Gasteiger partial charge is 0.298 e. The summed E-state index contributed by atoms with van der Waals surface area (Å²) in [6, 6.07) is 5.90. The van der Waals surface area contributed by atoms with Crippen LogP contribution in [0, 0.1) is 6.92 Å². The molecule has 0 aliphatic carbocycles. The van der Waals surface area contributed by atoms with E-state index in [1.54, 1.807) is 25.0 Å². The maximum Gasteiger partial charge on any atom is 0.298 e. The topological polar surface area (TPSA) is 70.6 Å². The van der Waals surface area contributed by atoms with Crippen molar-refractivity contribution in [1.29, 1.82) is 0 Å². The Morgan fingerprint density at radius 3 is 2.85 bits per heavy atom. The zero-order chi connectivity index (χ0) is 18.7. The molecule has 1 aromatic carbocycles. The second-order valence-electron chi connectivity index (χ2n) is 5.81. The number of hydrogen-bond acceptors (Lipinski definition) is 5. The Morgan fingerprint density at radius 1 is 1.38 bits per heavy atom. The van der Waals surface area contributed by atoms with Crippen molar-refractivity contribution in [2.75, 3.05) is 20.3 Å². The van der Waals surface area contributed by atoms with Gasteiger partial charge in [0.05, 0.1) is 29.6 Å². The maximum absolute atomic E-state index is 12.7. The fraction of sp³-hybridized carbons (Fsp3) is 0.389. The first kappa shape index (κ1) is 18.3. The van der Waals surface area contributed by atoms with Crippen LogP contribution in [0.15, 0.2) is 29.4 Å². The fourth-order valence-corrected chi connectivity index (χ4v) is 3.87. The molecule has 0 spiro atoms. The molecule has 0 saturated heterocycles. The van der Waals surface area contributed by atoms with Gasteiger partial charge in [0.2, 0.25) is 0 Å². The quantitative estimate of drug-likeness (QED) is 0.665. The van der Waals surface area contributed by atoms with Crippen LogP contribution >= 0.6 is 11.3 Å². The molecule has 0 atom stereocenters. The van der Waals surface area contributed by atoms with Crippen molar-refractivity contribution in [2.24, 2.45) is 12.0 Å². The predicted molar refractivity (Wildman–Crippen MR) is 101 cm³/mol. The van der Waals surface area contributed by atoms with Gasteiger partial charge in [0.1, 0.15) is 11.4 Å². The maximum atomic E-state index is 12.7. The van der Waals surface area contributed by atoms with E-state index in [0.717, 1.165) is 21.5 Å². The molecule has 1 amide bonds. The van der Waals surface area contributed by atoms with Crippen LogP contribution in [0.4, 0.5) is 0 Å². The Kier molecular flexibility index (Phi) is 5.53. The van der Waals surface area contributed by atoms with Crippen LogP contribution < -0.4 is 9.54 Å². The molecule has 0 radical (unpaired) electrons. The van der Waals surface area contributed by atoms with E-state index >= 15 is 0 Å². The van der Waals surface area contributed by atoms with E-state index in [4.69, 9.17) is 9.47 Å². The van der Waals surface area contributed by atoms with E-state index in [0.29, 0.717) is 30.3 Å². The highest BCUT2D eigenvalue weighted by atomic mass is 32.1. The summed E-state index contributed by atoms with van der Waals surface area (Å²) in [5, 5.41) is 4.12. The molecule has 26 heavy (non-hydrogen) atoms. The lowest BCUT2D eigenvalue weighted by Crippen LogP contribution is -2.20. The highest BCUT2D eigenvalue weighted by Crippen LogP contribution is 2.23. The molecule has 3 rings (SSSR count). The first-order valence-electron chi connectivity index (χ1n) is 8.38. The highest BCUT2D eigenvalue weighted by Gasteiger charge is 2.15. The highest BCUT2D eigenvalue weighted by molar-refractivity contribution is 7.16. The van der Waals surface area contributed by atoms with Crippen LogP contribution in [0.1, 0.15) is 23.0 Å². The lowest BCUT2D eigenvalue weighted by Gasteiger charge is -2.06. The molecule has 0 saturated carbocycles. The Labute approximate surface area is 155 Å².